The number of carbonyl (C=O) groups is 1. The number of methoxy groups -OCH3 is 1. The van der Waals surface area contributed by atoms with Crippen LogP contribution in [0.3, 0.4) is 0 Å². The number of esters is 1. The zero-order chi connectivity index (χ0) is 12.3. The van der Waals surface area contributed by atoms with Gasteiger partial charge in [0.1, 0.15) is 5.82 Å². The van der Waals surface area contributed by atoms with Crippen molar-refractivity contribution in [2.75, 3.05) is 31.6 Å². The van der Waals surface area contributed by atoms with Gasteiger partial charge in [-0.05, 0) is 6.92 Å². The van der Waals surface area contributed by atoms with Crippen molar-refractivity contribution >= 4 is 11.8 Å². The molecule has 0 bridgehead atoms. The van der Waals surface area contributed by atoms with E-state index in [0.717, 1.165) is 25.5 Å². The fourth-order valence-electron chi connectivity index (χ4n) is 1.86. The summed E-state index contributed by atoms with van der Waals surface area (Å²) >= 11 is 0. The molecule has 1 N–H and O–H groups in total. The van der Waals surface area contributed by atoms with Crippen LogP contribution < -0.4 is 10.2 Å². The topological polar surface area (TPSA) is 67.3 Å². The van der Waals surface area contributed by atoms with Crippen LogP contribution in [0.4, 0.5) is 5.82 Å². The largest absolute Gasteiger partial charge is 0.464 e. The Morgan fingerprint density at radius 2 is 2.35 bits per heavy atom. The van der Waals surface area contributed by atoms with E-state index in [1.807, 2.05) is 0 Å². The van der Waals surface area contributed by atoms with Crippen molar-refractivity contribution in [3.8, 4) is 0 Å². The molecule has 0 aromatic carbocycles. The van der Waals surface area contributed by atoms with E-state index >= 15 is 0 Å². The third-order valence-corrected chi connectivity index (χ3v) is 2.83. The van der Waals surface area contributed by atoms with E-state index in [2.05, 4.69) is 31.8 Å². The van der Waals surface area contributed by atoms with Gasteiger partial charge in [0.2, 0.25) is 0 Å². The summed E-state index contributed by atoms with van der Waals surface area (Å²) in [6.45, 7) is 4.89. The molecule has 1 aliphatic rings. The first kappa shape index (κ1) is 11.8. The van der Waals surface area contributed by atoms with Crippen molar-refractivity contribution < 1.29 is 9.53 Å². The molecule has 0 saturated carbocycles. The molecule has 1 aliphatic heterocycles. The number of nitrogens with zero attached hydrogens (tertiary/aromatic N) is 3. The summed E-state index contributed by atoms with van der Waals surface area (Å²) in [4.78, 5) is 21.7. The number of anilines is 1. The van der Waals surface area contributed by atoms with Crippen LogP contribution in [0, 0.1) is 0 Å². The van der Waals surface area contributed by atoms with E-state index in [0.29, 0.717) is 6.04 Å². The highest BCUT2D eigenvalue weighted by Gasteiger charge is 2.19. The van der Waals surface area contributed by atoms with Gasteiger partial charge in [-0.15, -0.1) is 0 Å². The highest BCUT2D eigenvalue weighted by Crippen LogP contribution is 2.14. The summed E-state index contributed by atoms with van der Waals surface area (Å²) in [5.41, 5.74) is 0.235. The van der Waals surface area contributed by atoms with Crippen molar-refractivity contribution in [1.29, 1.82) is 0 Å². The molecule has 0 amide bonds. The first-order chi connectivity index (χ1) is 8.22. The Hall–Kier alpha value is -1.69. The second-order valence-electron chi connectivity index (χ2n) is 4.00. The minimum absolute atomic E-state index is 0.235. The second kappa shape index (κ2) is 5.09. The molecule has 1 unspecified atom stereocenters. The average Bonchev–Trinajstić information content (AvgIpc) is 2.39. The van der Waals surface area contributed by atoms with Gasteiger partial charge in [-0.2, -0.15) is 0 Å². The third kappa shape index (κ3) is 2.52. The summed E-state index contributed by atoms with van der Waals surface area (Å²) in [5, 5.41) is 3.31. The number of piperazine rings is 1. The number of carbonyl (C=O) groups excluding carboxylic acids is 1. The first-order valence-corrected chi connectivity index (χ1v) is 5.60. The summed E-state index contributed by atoms with van der Waals surface area (Å²) in [7, 11) is 1.33. The molecule has 6 nitrogen and oxygen atoms in total. The maximum absolute atomic E-state index is 11.2. The molecule has 2 rings (SSSR count). The van der Waals surface area contributed by atoms with E-state index in [1.54, 1.807) is 6.20 Å². The van der Waals surface area contributed by atoms with Crippen molar-refractivity contribution in [3.05, 3.63) is 18.1 Å². The highest BCUT2D eigenvalue weighted by molar-refractivity contribution is 5.86. The molecule has 92 valence electrons. The van der Waals surface area contributed by atoms with E-state index in [4.69, 9.17) is 0 Å². The monoisotopic (exact) mass is 236 g/mol. The van der Waals surface area contributed by atoms with Crippen LogP contribution in [0.5, 0.6) is 0 Å². The van der Waals surface area contributed by atoms with Crippen molar-refractivity contribution in [2.45, 2.75) is 13.0 Å². The molecule has 1 saturated heterocycles. The van der Waals surface area contributed by atoms with E-state index in [1.165, 1.54) is 13.3 Å². The Bertz CT molecular complexity index is 393. The molecule has 1 fully saturated rings. The summed E-state index contributed by atoms with van der Waals surface area (Å²) in [6.07, 6.45) is 3.07. The van der Waals surface area contributed by atoms with Gasteiger partial charge in [0, 0.05) is 25.7 Å². The van der Waals surface area contributed by atoms with Crippen LogP contribution in [-0.2, 0) is 4.74 Å². The highest BCUT2D eigenvalue weighted by atomic mass is 16.5. The lowest BCUT2D eigenvalue weighted by Gasteiger charge is -2.34. The first-order valence-electron chi connectivity index (χ1n) is 5.60. The summed E-state index contributed by atoms with van der Waals surface area (Å²) in [6, 6.07) is 0.377. The molecule has 1 aromatic rings. The van der Waals surface area contributed by atoms with Crippen LogP contribution in [0.25, 0.3) is 0 Å². The zero-order valence-corrected chi connectivity index (χ0v) is 10.0. The van der Waals surface area contributed by atoms with Crippen LogP contribution >= 0.6 is 0 Å². The lowest BCUT2D eigenvalue weighted by atomic mass is 10.2. The van der Waals surface area contributed by atoms with Crippen molar-refractivity contribution in [3.63, 3.8) is 0 Å². The molecule has 1 atom stereocenters. The third-order valence-electron chi connectivity index (χ3n) is 2.83. The second-order valence-corrected chi connectivity index (χ2v) is 4.00. The molecule has 2 heterocycles. The summed E-state index contributed by atoms with van der Waals surface area (Å²) < 4.78 is 4.58. The standard InChI is InChI=1S/C11H16N4O2/c1-8-5-12-3-4-15(8)10-7-13-9(6-14-10)11(16)17-2/h6-8,12H,3-5H2,1-2H3. The lowest BCUT2D eigenvalue weighted by molar-refractivity contribution is 0.0593. The molecule has 0 spiro atoms. The number of hydrogen-bond donors (Lipinski definition) is 1. The number of aromatic nitrogens is 2. The Labute approximate surface area is 100 Å². The van der Waals surface area contributed by atoms with Gasteiger partial charge in [0.05, 0.1) is 19.5 Å². The number of nitrogens with one attached hydrogen (secondary N) is 1. The smallest absolute Gasteiger partial charge is 0.358 e. The Morgan fingerprint density at radius 1 is 1.53 bits per heavy atom. The van der Waals surface area contributed by atoms with Gasteiger partial charge in [-0.3, -0.25) is 0 Å². The van der Waals surface area contributed by atoms with E-state index in [9.17, 15) is 4.79 Å². The molecule has 1 aromatic heterocycles. The van der Waals surface area contributed by atoms with Crippen LogP contribution in [0.15, 0.2) is 12.4 Å². The fraction of sp³-hybridized carbons (Fsp3) is 0.545. The number of rotatable bonds is 2. The fourth-order valence-corrected chi connectivity index (χ4v) is 1.86. The van der Waals surface area contributed by atoms with Gasteiger partial charge in [0.25, 0.3) is 0 Å². The normalized spacial score (nSPS) is 20.1. The molecular weight excluding hydrogens is 220 g/mol. The van der Waals surface area contributed by atoms with Crippen LogP contribution in [0.2, 0.25) is 0 Å². The Balaban J connectivity index is 2.14. The molecule has 17 heavy (non-hydrogen) atoms. The predicted octanol–water partition coefficient (Wildman–Crippen LogP) is 0.0613. The Morgan fingerprint density at radius 3 is 2.94 bits per heavy atom. The van der Waals surface area contributed by atoms with E-state index in [-0.39, 0.29) is 5.69 Å². The SMILES string of the molecule is COC(=O)c1cnc(N2CCNCC2C)cn1. The van der Waals surface area contributed by atoms with Gasteiger partial charge < -0.3 is 15.0 Å². The van der Waals surface area contributed by atoms with Gasteiger partial charge in [-0.25, -0.2) is 14.8 Å². The quantitative estimate of drug-likeness (QED) is 0.732. The minimum atomic E-state index is -0.461. The van der Waals surface area contributed by atoms with Gasteiger partial charge >= 0.3 is 5.97 Å². The summed E-state index contributed by atoms with van der Waals surface area (Å²) in [5.74, 6) is 0.337. The van der Waals surface area contributed by atoms with Crippen LogP contribution in [-0.4, -0.2) is 48.7 Å². The molecule has 6 heteroatoms. The average molecular weight is 236 g/mol. The zero-order valence-electron chi connectivity index (χ0n) is 10.0. The van der Waals surface area contributed by atoms with Gasteiger partial charge in [0.15, 0.2) is 5.69 Å². The van der Waals surface area contributed by atoms with Crippen molar-refractivity contribution in [2.24, 2.45) is 0 Å². The molecule has 0 radical (unpaired) electrons. The number of hydrogen-bond acceptors (Lipinski definition) is 6. The Kier molecular flexibility index (Phi) is 3.53. The maximum atomic E-state index is 11.2. The molecule has 0 aliphatic carbocycles. The maximum Gasteiger partial charge on any atom is 0.358 e. The lowest BCUT2D eigenvalue weighted by Crippen LogP contribution is -2.50. The predicted molar refractivity (Wildman–Crippen MR) is 63.0 cm³/mol. The molecular formula is C11H16N4O2. The minimum Gasteiger partial charge on any atom is -0.464 e. The number of ether oxygens (including phenoxy) is 1. The van der Waals surface area contributed by atoms with Crippen LogP contribution in [0.1, 0.15) is 17.4 Å². The van der Waals surface area contributed by atoms with Gasteiger partial charge in [-0.1, -0.05) is 0 Å². The van der Waals surface area contributed by atoms with E-state index < -0.39 is 5.97 Å². The van der Waals surface area contributed by atoms with Crippen molar-refractivity contribution in [1.82, 2.24) is 15.3 Å².